The molecule has 0 saturated heterocycles. The Morgan fingerprint density at radius 1 is 1.20 bits per heavy atom. The summed E-state index contributed by atoms with van der Waals surface area (Å²) >= 11 is 0. The minimum atomic E-state index is -4.53. The van der Waals surface area contributed by atoms with Crippen molar-refractivity contribution in [3.8, 4) is 11.5 Å². The number of rotatable bonds is 3. The van der Waals surface area contributed by atoms with E-state index in [0.29, 0.717) is 25.3 Å². The molecule has 1 aliphatic rings. The molecule has 2 heterocycles. The zero-order valence-corrected chi connectivity index (χ0v) is 13.2. The summed E-state index contributed by atoms with van der Waals surface area (Å²) in [6.45, 7) is 4.51. The Hall–Kier alpha value is -2.83. The fourth-order valence-corrected chi connectivity index (χ4v) is 2.68. The second-order valence-corrected chi connectivity index (χ2v) is 5.62. The van der Waals surface area contributed by atoms with Gasteiger partial charge in [0.25, 0.3) is 0 Å². The molecule has 25 heavy (non-hydrogen) atoms. The molecule has 0 unspecified atom stereocenters. The molecule has 130 valence electrons. The van der Waals surface area contributed by atoms with Gasteiger partial charge in [0, 0.05) is 25.4 Å². The van der Waals surface area contributed by atoms with Gasteiger partial charge in [0.15, 0.2) is 0 Å². The summed E-state index contributed by atoms with van der Waals surface area (Å²) in [4.78, 5) is 16.7. The molecule has 0 fully saturated rings. The molecule has 1 aromatic carbocycles. The summed E-state index contributed by atoms with van der Waals surface area (Å²) in [5, 5.41) is 0. The van der Waals surface area contributed by atoms with Crippen molar-refractivity contribution in [1.82, 2.24) is 9.88 Å². The van der Waals surface area contributed by atoms with E-state index in [2.05, 4.69) is 11.6 Å². The van der Waals surface area contributed by atoms with Gasteiger partial charge < -0.3 is 9.64 Å². The standard InChI is InChI=1S/C18H15F3N2O2/c1-2-17(24)23-8-6-12-3-4-14(9-13(12)11-23)25-15-5-7-22-16(10-15)18(19,20)21/h2-5,7,9-10H,1,6,8,11H2. The number of carbonyl (C=O) groups excluding carboxylic acids is 1. The van der Waals surface area contributed by atoms with Crippen LogP contribution in [0.2, 0.25) is 0 Å². The average molecular weight is 348 g/mol. The van der Waals surface area contributed by atoms with E-state index in [1.54, 1.807) is 17.0 Å². The summed E-state index contributed by atoms with van der Waals surface area (Å²) in [6.07, 6.45) is -1.49. The van der Waals surface area contributed by atoms with Gasteiger partial charge in [-0.25, -0.2) is 0 Å². The van der Waals surface area contributed by atoms with E-state index in [-0.39, 0.29) is 11.7 Å². The van der Waals surface area contributed by atoms with E-state index in [9.17, 15) is 18.0 Å². The van der Waals surface area contributed by atoms with E-state index >= 15 is 0 Å². The van der Waals surface area contributed by atoms with Crippen molar-refractivity contribution in [3.05, 3.63) is 66.0 Å². The highest BCUT2D eigenvalue weighted by Crippen LogP contribution is 2.32. The Kier molecular flexibility index (Phi) is 4.48. The second kappa shape index (κ2) is 6.58. The van der Waals surface area contributed by atoms with Gasteiger partial charge in [-0.1, -0.05) is 12.6 Å². The highest BCUT2D eigenvalue weighted by atomic mass is 19.4. The maximum atomic E-state index is 12.7. The molecule has 7 heteroatoms. The highest BCUT2D eigenvalue weighted by molar-refractivity contribution is 5.87. The number of hydrogen-bond acceptors (Lipinski definition) is 3. The van der Waals surface area contributed by atoms with Gasteiger partial charge in [-0.2, -0.15) is 13.2 Å². The van der Waals surface area contributed by atoms with Gasteiger partial charge in [0.1, 0.15) is 17.2 Å². The predicted octanol–water partition coefficient (Wildman–Crippen LogP) is 3.96. The van der Waals surface area contributed by atoms with Crippen LogP contribution in [0.15, 0.2) is 49.2 Å². The zero-order chi connectivity index (χ0) is 18.0. The van der Waals surface area contributed by atoms with Crippen molar-refractivity contribution in [1.29, 1.82) is 0 Å². The third kappa shape index (κ3) is 3.81. The fraction of sp³-hybridized carbons (Fsp3) is 0.222. The lowest BCUT2D eigenvalue weighted by atomic mass is 9.99. The Labute approximate surface area is 142 Å². The summed E-state index contributed by atoms with van der Waals surface area (Å²) in [5.74, 6) is 0.309. The first-order valence-electron chi connectivity index (χ1n) is 7.61. The summed E-state index contributed by atoms with van der Waals surface area (Å²) in [6, 6.07) is 7.53. The lowest BCUT2D eigenvalue weighted by Crippen LogP contribution is -2.34. The zero-order valence-electron chi connectivity index (χ0n) is 13.2. The summed E-state index contributed by atoms with van der Waals surface area (Å²) < 4.78 is 43.7. The number of hydrogen-bond donors (Lipinski definition) is 0. The Morgan fingerprint density at radius 3 is 2.68 bits per heavy atom. The molecule has 0 radical (unpaired) electrons. The highest BCUT2D eigenvalue weighted by Gasteiger charge is 2.32. The van der Waals surface area contributed by atoms with Crippen molar-refractivity contribution >= 4 is 5.91 Å². The molecule has 0 N–H and O–H groups in total. The molecule has 0 bridgehead atoms. The van der Waals surface area contributed by atoms with Gasteiger partial charge in [0.05, 0.1) is 0 Å². The average Bonchev–Trinajstić information content (AvgIpc) is 2.60. The quantitative estimate of drug-likeness (QED) is 0.789. The number of nitrogens with zero attached hydrogens (tertiary/aromatic N) is 2. The van der Waals surface area contributed by atoms with Gasteiger partial charge in [-0.3, -0.25) is 9.78 Å². The van der Waals surface area contributed by atoms with Crippen LogP contribution in [0.25, 0.3) is 0 Å². The first-order chi connectivity index (χ1) is 11.9. The normalized spacial score (nSPS) is 14.0. The predicted molar refractivity (Wildman–Crippen MR) is 85.1 cm³/mol. The molecule has 1 amide bonds. The second-order valence-electron chi connectivity index (χ2n) is 5.62. The molecule has 0 aliphatic carbocycles. The number of amides is 1. The number of alkyl halides is 3. The van der Waals surface area contributed by atoms with Crippen LogP contribution >= 0.6 is 0 Å². The number of fused-ring (bicyclic) bond motifs is 1. The number of ether oxygens (including phenoxy) is 1. The van der Waals surface area contributed by atoms with Crippen molar-refractivity contribution in [2.24, 2.45) is 0 Å². The van der Waals surface area contributed by atoms with Crippen molar-refractivity contribution < 1.29 is 22.7 Å². The van der Waals surface area contributed by atoms with Crippen LogP contribution in [-0.4, -0.2) is 22.3 Å². The van der Waals surface area contributed by atoms with Crippen LogP contribution in [0, 0.1) is 0 Å². The molecule has 2 aromatic rings. The molecule has 4 nitrogen and oxygen atoms in total. The topological polar surface area (TPSA) is 42.4 Å². The van der Waals surface area contributed by atoms with Gasteiger partial charge in [-0.05, 0) is 41.8 Å². The SMILES string of the molecule is C=CC(=O)N1CCc2ccc(Oc3ccnc(C(F)(F)F)c3)cc2C1. The minimum Gasteiger partial charge on any atom is -0.457 e. The smallest absolute Gasteiger partial charge is 0.433 e. The van der Waals surface area contributed by atoms with Crippen molar-refractivity contribution in [2.75, 3.05) is 6.54 Å². The Morgan fingerprint density at radius 2 is 1.96 bits per heavy atom. The van der Waals surface area contributed by atoms with E-state index in [1.807, 2.05) is 6.07 Å². The lowest BCUT2D eigenvalue weighted by molar-refractivity contribution is -0.141. The third-order valence-electron chi connectivity index (χ3n) is 3.93. The molecule has 0 saturated carbocycles. The molecular formula is C18H15F3N2O2. The van der Waals surface area contributed by atoms with Gasteiger partial charge in [-0.15, -0.1) is 0 Å². The fourth-order valence-electron chi connectivity index (χ4n) is 2.68. The molecule has 0 atom stereocenters. The molecular weight excluding hydrogens is 333 g/mol. The molecule has 1 aromatic heterocycles. The monoisotopic (exact) mass is 348 g/mol. The number of pyridine rings is 1. The first kappa shape index (κ1) is 17.0. The molecule has 0 spiro atoms. The van der Waals surface area contributed by atoms with Crippen LogP contribution in [0.5, 0.6) is 11.5 Å². The van der Waals surface area contributed by atoms with Crippen LogP contribution in [0.4, 0.5) is 13.2 Å². The maximum Gasteiger partial charge on any atom is 0.433 e. The van der Waals surface area contributed by atoms with Crippen molar-refractivity contribution in [3.63, 3.8) is 0 Å². The third-order valence-corrected chi connectivity index (χ3v) is 3.93. The number of aromatic nitrogens is 1. The first-order valence-corrected chi connectivity index (χ1v) is 7.61. The van der Waals surface area contributed by atoms with Crippen LogP contribution in [0.1, 0.15) is 16.8 Å². The Balaban J connectivity index is 1.81. The summed E-state index contributed by atoms with van der Waals surface area (Å²) in [7, 11) is 0. The van der Waals surface area contributed by atoms with E-state index in [0.717, 1.165) is 23.4 Å². The van der Waals surface area contributed by atoms with Crippen LogP contribution in [-0.2, 0) is 23.9 Å². The summed E-state index contributed by atoms with van der Waals surface area (Å²) in [5.41, 5.74) is 0.987. The maximum absolute atomic E-state index is 12.7. The van der Waals surface area contributed by atoms with E-state index in [4.69, 9.17) is 4.74 Å². The number of benzene rings is 1. The lowest BCUT2D eigenvalue weighted by Gasteiger charge is -2.28. The van der Waals surface area contributed by atoms with Crippen LogP contribution < -0.4 is 4.74 Å². The molecule has 3 rings (SSSR count). The molecule has 1 aliphatic heterocycles. The van der Waals surface area contributed by atoms with Gasteiger partial charge >= 0.3 is 6.18 Å². The van der Waals surface area contributed by atoms with Crippen LogP contribution in [0.3, 0.4) is 0 Å². The minimum absolute atomic E-state index is 0.0529. The van der Waals surface area contributed by atoms with E-state index < -0.39 is 11.9 Å². The van der Waals surface area contributed by atoms with Gasteiger partial charge in [0.2, 0.25) is 5.91 Å². The van der Waals surface area contributed by atoms with Crippen molar-refractivity contribution in [2.45, 2.75) is 19.1 Å². The Bertz CT molecular complexity index is 818. The number of carbonyl (C=O) groups is 1. The number of halogens is 3. The van der Waals surface area contributed by atoms with E-state index in [1.165, 1.54) is 12.1 Å². The largest absolute Gasteiger partial charge is 0.457 e.